The van der Waals surface area contributed by atoms with Crippen molar-refractivity contribution < 1.29 is 4.42 Å². The van der Waals surface area contributed by atoms with E-state index in [0.717, 1.165) is 99.7 Å². The van der Waals surface area contributed by atoms with E-state index in [1.54, 1.807) is 12.4 Å². The first kappa shape index (κ1) is 29.8. The molecule has 258 valence electrons. The Kier molecular flexibility index (Phi) is 6.15. The van der Waals surface area contributed by atoms with Crippen molar-refractivity contribution in [3.05, 3.63) is 171 Å². The molecule has 55 heavy (non-hydrogen) atoms. The summed E-state index contributed by atoms with van der Waals surface area (Å²) in [4.78, 5) is 18.3. The van der Waals surface area contributed by atoms with E-state index < -0.39 is 0 Å². The van der Waals surface area contributed by atoms with E-state index >= 15 is 0 Å². The van der Waals surface area contributed by atoms with Gasteiger partial charge < -0.3 is 22.7 Å². The average Bonchev–Trinajstić information content (AvgIpc) is 4.09. The number of hydrogen-bond donors (Lipinski definition) is 0. The van der Waals surface area contributed by atoms with Crippen molar-refractivity contribution in [3.8, 4) is 33.9 Å². The van der Waals surface area contributed by atoms with Crippen molar-refractivity contribution in [2.75, 3.05) is 0 Å². The third kappa shape index (κ3) is 4.47. The van der Waals surface area contributed by atoms with Gasteiger partial charge >= 0.3 is 0 Å². The van der Waals surface area contributed by atoms with Gasteiger partial charge in [-0.25, -0.2) is 9.97 Å². The SMILES string of the molecule is c1ccc2c(c1)c1ncccc1n2-c1ccc2c(c1)c1ncccc1n2-c1ccc2oc3ccc(-c4cc(-n5ccnc5)cc(-n5ccnc5)c4)cc3c2c1. The zero-order chi connectivity index (χ0) is 36.0. The van der Waals surface area contributed by atoms with Gasteiger partial charge in [0.25, 0.3) is 0 Å². The van der Waals surface area contributed by atoms with Crippen molar-refractivity contribution in [3.63, 3.8) is 0 Å². The van der Waals surface area contributed by atoms with Crippen LogP contribution in [0, 0.1) is 0 Å². The van der Waals surface area contributed by atoms with Crippen molar-refractivity contribution in [2.24, 2.45) is 0 Å². The molecule has 0 N–H and O–H groups in total. The summed E-state index contributed by atoms with van der Waals surface area (Å²) in [5.41, 5.74) is 14.2. The number of para-hydroxylation sites is 1. The smallest absolute Gasteiger partial charge is 0.135 e. The fourth-order valence-electron chi connectivity index (χ4n) is 8.27. The molecule has 7 aromatic heterocycles. The molecule has 0 aliphatic rings. The summed E-state index contributed by atoms with van der Waals surface area (Å²) in [7, 11) is 0. The lowest BCUT2D eigenvalue weighted by Crippen LogP contribution is -1.97. The highest BCUT2D eigenvalue weighted by molar-refractivity contribution is 6.11. The van der Waals surface area contributed by atoms with Crippen LogP contribution in [0.15, 0.2) is 176 Å². The first-order chi connectivity index (χ1) is 27.2. The first-order valence-electron chi connectivity index (χ1n) is 18.1. The van der Waals surface area contributed by atoms with Crippen LogP contribution in [-0.2, 0) is 0 Å². The van der Waals surface area contributed by atoms with E-state index in [-0.39, 0.29) is 0 Å². The summed E-state index contributed by atoms with van der Waals surface area (Å²) in [6, 6.07) is 42.8. The predicted molar refractivity (Wildman–Crippen MR) is 218 cm³/mol. The van der Waals surface area contributed by atoms with Gasteiger partial charge in [-0.05, 0) is 108 Å². The van der Waals surface area contributed by atoms with Crippen molar-refractivity contribution in [1.82, 2.24) is 38.2 Å². The molecule has 9 heteroatoms. The van der Waals surface area contributed by atoms with E-state index in [0.29, 0.717) is 0 Å². The maximum absolute atomic E-state index is 6.43. The van der Waals surface area contributed by atoms with Gasteiger partial charge in [0, 0.05) is 81.5 Å². The van der Waals surface area contributed by atoms with E-state index in [9.17, 15) is 0 Å². The quantitative estimate of drug-likeness (QED) is 0.178. The molecule has 7 heterocycles. The molecular formula is C46H28N8O. The summed E-state index contributed by atoms with van der Waals surface area (Å²) in [6.45, 7) is 0. The van der Waals surface area contributed by atoms with E-state index in [1.165, 1.54) is 0 Å². The van der Waals surface area contributed by atoms with Gasteiger partial charge in [0.2, 0.25) is 0 Å². The minimum atomic E-state index is 0.836. The van der Waals surface area contributed by atoms with Gasteiger partial charge in [0.1, 0.15) is 11.2 Å². The van der Waals surface area contributed by atoms with Gasteiger partial charge in [-0.3, -0.25) is 9.97 Å². The molecule has 0 aliphatic carbocycles. The predicted octanol–water partition coefficient (Wildman–Crippen LogP) is 10.6. The third-order valence-corrected chi connectivity index (χ3v) is 10.7. The number of hydrogen-bond acceptors (Lipinski definition) is 5. The van der Waals surface area contributed by atoms with Crippen LogP contribution in [0.25, 0.3) is 99.7 Å². The second kappa shape index (κ2) is 11.4. The number of rotatable bonds is 5. The fraction of sp³-hybridized carbons (Fsp3) is 0. The van der Waals surface area contributed by atoms with Crippen LogP contribution in [0.3, 0.4) is 0 Å². The Labute approximate surface area is 312 Å². The zero-order valence-corrected chi connectivity index (χ0v) is 29.2. The second-order valence-corrected chi connectivity index (χ2v) is 13.8. The molecule has 0 aliphatic heterocycles. The molecule has 5 aromatic carbocycles. The molecule has 0 saturated heterocycles. The number of fused-ring (bicyclic) bond motifs is 9. The summed E-state index contributed by atoms with van der Waals surface area (Å²) < 4.78 is 15.1. The highest BCUT2D eigenvalue weighted by atomic mass is 16.3. The lowest BCUT2D eigenvalue weighted by atomic mass is 10.0. The van der Waals surface area contributed by atoms with Gasteiger partial charge in [-0.1, -0.05) is 24.3 Å². The minimum Gasteiger partial charge on any atom is -0.456 e. The number of nitrogens with zero attached hydrogens (tertiary/aromatic N) is 8. The molecule has 0 fully saturated rings. The number of pyridine rings is 2. The Morgan fingerprint density at radius 1 is 0.400 bits per heavy atom. The summed E-state index contributed by atoms with van der Waals surface area (Å²) in [5.74, 6) is 0. The van der Waals surface area contributed by atoms with Gasteiger partial charge in [-0.2, -0.15) is 0 Å². The topological polar surface area (TPSA) is 84.4 Å². The number of furan rings is 1. The summed E-state index contributed by atoms with van der Waals surface area (Å²) in [6.07, 6.45) is 14.9. The van der Waals surface area contributed by atoms with Gasteiger partial charge in [0.15, 0.2) is 0 Å². The molecule has 0 spiro atoms. The molecule has 12 aromatic rings. The van der Waals surface area contributed by atoms with Crippen molar-refractivity contribution >= 4 is 65.8 Å². The normalized spacial score (nSPS) is 12.0. The van der Waals surface area contributed by atoms with Crippen molar-refractivity contribution in [2.45, 2.75) is 0 Å². The Morgan fingerprint density at radius 3 is 1.67 bits per heavy atom. The highest BCUT2D eigenvalue weighted by Crippen LogP contribution is 2.39. The minimum absolute atomic E-state index is 0.836. The number of aromatic nitrogens is 8. The van der Waals surface area contributed by atoms with Crippen molar-refractivity contribution in [1.29, 1.82) is 0 Å². The molecule has 12 rings (SSSR count). The molecule has 9 nitrogen and oxygen atoms in total. The fourth-order valence-corrected chi connectivity index (χ4v) is 8.27. The monoisotopic (exact) mass is 708 g/mol. The van der Waals surface area contributed by atoms with Gasteiger partial charge in [0.05, 0.1) is 45.8 Å². The highest BCUT2D eigenvalue weighted by Gasteiger charge is 2.19. The van der Waals surface area contributed by atoms with E-state index in [1.807, 2.05) is 58.7 Å². The Hall–Kier alpha value is -7.78. The van der Waals surface area contributed by atoms with Crippen LogP contribution in [0.2, 0.25) is 0 Å². The lowest BCUT2D eigenvalue weighted by Gasteiger charge is -2.12. The second-order valence-electron chi connectivity index (χ2n) is 13.8. The zero-order valence-electron chi connectivity index (χ0n) is 29.2. The van der Waals surface area contributed by atoms with Crippen LogP contribution in [0.4, 0.5) is 0 Å². The van der Waals surface area contributed by atoms with Crippen LogP contribution in [0.1, 0.15) is 0 Å². The average molecular weight is 709 g/mol. The van der Waals surface area contributed by atoms with Crippen LogP contribution >= 0.6 is 0 Å². The van der Waals surface area contributed by atoms with Crippen LogP contribution in [-0.4, -0.2) is 38.2 Å². The first-order valence-corrected chi connectivity index (χ1v) is 18.1. The lowest BCUT2D eigenvalue weighted by molar-refractivity contribution is 0.669. The Morgan fingerprint density at radius 2 is 0.982 bits per heavy atom. The van der Waals surface area contributed by atoms with E-state index in [2.05, 4.69) is 128 Å². The number of imidazole rings is 2. The molecule has 0 radical (unpaired) electrons. The molecule has 0 saturated carbocycles. The Balaban J connectivity index is 1.03. The molecular weight excluding hydrogens is 681 g/mol. The van der Waals surface area contributed by atoms with Crippen LogP contribution in [0.5, 0.6) is 0 Å². The molecule has 0 unspecified atom stereocenters. The standard InChI is InChI=1S/C46H28N8O/c1-2-6-39-35(5-1)45-41(7-3-15-49-45)53(39)31-10-12-40-38(26-31)46-42(8-4-16-50-46)54(40)32-11-14-44-37(25-32)36-23-29(9-13-43(36)55-44)30-21-33(51-19-17-47-27-51)24-34(22-30)52-20-18-48-28-52/h1-28H. The molecule has 0 atom stereocenters. The Bertz CT molecular complexity index is 3330. The summed E-state index contributed by atoms with van der Waals surface area (Å²) in [5, 5.41) is 4.30. The third-order valence-electron chi connectivity index (χ3n) is 10.7. The van der Waals surface area contributed by atoms with Gasteiger partial charge in [-0.15, -0.1) is 0 Å². The summed E-state index contributed by atoms with van der Waals surface area (Å²) >= 11 is 0. The molecule has 0 amide bonds. The maximum atomic E-state index is 6.43. The van der Waals surface area contributed by atoms with Crippen LogP contribution < -0.4 is 0 Å². The largest absolute Gasteiger partial charge is 0.456 e. The number of benzene rings is 5. The van der Waals surface area contributed by atoms with E-state index in [4.69, 9.17) is 14.4 Å². The maximum Gasteiger partial charge on any atom is 0.135 e. The molecule has 0 bridgehead atoms.